The molecule has 2 rings (SSSR count). The van der Waals surface area contributed by atoms with Crippen molar-refractivity contribution in [3.05, 3.63) is 65.0 Å². The van der Waals surface area contributed by atoms with Crippen LogP contribution in [0.5, 0.6) is 5.75 Å². The van der Waals surface area contributed by atoms with E-state index >= 15 is 0 Å². The molecule has 0 spiro atoms. The van der Waals surface area contributed by atoms with Crippen LogP contribution in [0.3, 0.4) is 0 Å². The molecule has 0 heterocycles. The van der Waals surface area contributed by atoms with Crippen LogP contribution in [0.25, 0.3) is 0 Å². The second-order valence-corrected chi connectivity index (χ2v) is 4.48. The fourth-order valence-corrected chi connectivity index (χ4v) is 1.83. The summed E-state index contributed by atoms with van der Waals surface area (Å²) in [6.07, 6.45) is -4.38. The van der Waals surface area contributed by atoms with Crippen LogP contribution in [0.4, 0.5) is 17.6 Å². The molecule has 0 saturated heterocycles. The van der Waals surface area contributed by atoms with E-state index in [0.29, 0.717) is 11.1 Å². The molecule has 0 aromatic heterocycles. The fraction of sp³-hybridized carbons (Fsp3) is 0.200. The predicted octanol–water partition coefficient (Wildman–Crippen LogP) is 3.88. The molecule has 0 radical (unpaired) electrons. The quantitative estimate of drug-likeness (QED) is 0.870. The Morgan fingerprint density at radius 2 is 1.57 bits per heavy atom. The molecule has 2 aromatic carbocycles. The highest BCUT2D eigenvalue weighted by atomic mass is 19.4. The summed E-state index contributed by atoms with van der Waals surface area (Å²) in [4.78, 5) is 0. The van der Waals surface area contributed by atoms with E-state index in [1.165, 1.54) is 24.3 Å². The zero-order valence-corrected chi connectivity index (χ0v) is 11.0. The van der Waals surface area contributed by atoms with Gasteiger partial charge in [-0.25, -0.2) is 4.39 Å². The Morgan fingerprint density at radius 3 is 2.14 bits per heavy atom. The van der Waals surface area contributed by atoms with Gasteiger partial charge in [-0.05, 0) is 47.5 Å². The van der Waals surface area contributed by atoms with Crippen LogP contribution in [0.2, 0.25) is 0 Å². The zero-order chi connectivity index (χ0) is 15.5. The maximum atomic E-state index is 13.3. The highest BCUT2D eigenvalue weighted by Gasteiger charge is 2.29. The van der Waals surface area contributed by atoms with Crippen LogP contribution in [0.15, 0.2) is 42.5 Å². The van der Waals surface area contributed by atoms with Gasteiger partial charge in [0.05, 0.1) is 5.56 Å². The molecule has 0 aliphatic rings. The fourth-order valence-electron chi connectivity index (χ4n) is 1.83. The van der Waals surface area contributed by atoms with Gasteiger partial charge in [0.1, 0.15) is 18.2 Å². The molecule has 0 aliphatic carbocycles. The van der Waals surface area contributed by atoms with E-state index in [1.807, 2.05) is 0 Å². The Kier molecular flexibility index (Phi) is 4.47. The predicted molar refractivity (Wildman–Crippen MR) is 70.1 cm³/mol. The average molecular weight is 299 g/mol. The van der Waals surface area contributed by atoms with Crippen LogP contribution in [0.1, 0.15) is 16.7 Å². The first kappa shape index (κ1) is 15.3. The smallest absolute Gasteiger partial charge is 0.416 e. The van der Waals surface area contributed by atoms with Crippen LogP contribution >= 0.6 is 0 Å². The first-order valence-electron chi connectivity index (χ1n) is 6.17. The van der Waals surface area contributed by atoms with Crippen molar-refractivity contribution in [2.45, 2.75) is 19.3 Å². The van der Waals surface area contributed by atoms with Gasteiger partial charge >= 0.3 is 6.18 Å². The van der Waals surface area contributed by atoms with Crippen LogP contribution in [-0.2, 0) is 19.3 Å². The minimum absolute atomic E-state index is 0.0517. The summed E-state index contributed by atoms with van der Waals surface area (Å²) in [6.45, 7) is 0.251. The summed E-state index contributed by atoms with van der Waals surface area (Å²) < 4.78 is 55.8. The van der Waals surface area contributed by atoms with Gasteiger partial charge in [0.15, 0.2) is 0 Å². The van der Waals surface area contributed by atoms with E-state index in [9.17, 15) is 17.6 Å². The minimum atomic E-state index is -4.38. The summed E-state index contributed by atoms with van der Waals surface area (Å²) in [7, 11) is 0. The molecule has 0 fully saturated rings. The molecule has 0 aliphatic heterocycles. The number of benzene rings is 2. The molecule has 0 unspecified atom stereocenters. The molecule has 2 aromatic rings. The van der Waals surface area contributed by atoms with Gasteiger partial charge in [0.2, 0.25) is 0 Å². The standard InChI is InChI=1S/C15H13F4NO/c16-13-6-10(8-20)5-11(7-13)9-21-14-3-1-12(2-4-14)15(17,18)19/h1-7H,8-9,20H2. The Bertz CT molecular complexity index is 608. The monoisotopic (exact) mass is 299 g/mol. The zero-order valence-electron chi connectivity index (χ0n) is 11.0. The van der Waals surface area contributed by atoms with Gasteiger partial charge in [0, 0.05) is 6.54 Å². The van der Waals surface area contributed by atoms with Crippen molar-refractivity contribution >= 4 is 0 Å². The van der Waals surface area contributed by atoms with Crippen molar-refractivity contribution in [3.8, 4) is 5.75 Å². The molecule has 21 heavy (non-hydrogen) atoms. The third-order valence-electron chi connectivity index (χ3n) is 2.84. The number of alkyl halides is 3. The molecule has 0 saturated carbocycles. The van der Waals surface area contributed by atoms with E-state index in [-0.39, 0.29) is 18.9 Å². The van der Waals surface area contributed by atoms with Gasteiger partial charge in [0.25, 0.3) is 0 Å². The van der Waals surface area contributed by atoms with E-state index in [2.05, 4.69) is 0 Å². The van der Waals surface area contributed by atoms with Gasteiger partial charge < -0.3 is 10.5 Å². The second kappa shape index (κ2) is 6.13. The second-order valence-electron chi connectivity index (χ2n) is 4.48. The topological polar surface area (TPSA) is 35.2 Å². The Morgan fingerprint density at radius 1 is 0.952 bits per heavy atom. The molecule has 2 nitrogen and oxygen atoms in total. The van der Waals surface area contributed by atoms with Crippen molar-refractivity contribution in [3.63, 3.8) is 0 Å². The first-order chi connectivity index (χ1) is 9.88. The molecule has 0 bridgehead atoms. The number of ether oxygens (including phenoxy) is 1. The highest BCUT2D eigenvalue weighted by molar-refractivity contribution is 5.30. The maximum absolute atomic E-state index is 13.3. The third-order valence-corrected chi connectivity index (χ3v) is 2.84. The van der Waals surface area contributed by atoms with Crippen LogP contribution < -0.4 is 10.5 Å². The molecule has 0 atom stereocenters. The highest BCUT2D eigenvalue weighted by Crippen LogP contribution is 2.30. The number of halogens is 4. The summed E-state index contributed by atoms with van der Waals surface area (Å²) in [5, 5.41) is 0. The Balaban J connectivity index is 2.05. The van der Waals surface area contributed by atoms with Crippen molar-refractivity contribution in [2.75, 3.05) is 0 Å². The van der Waals surface area contributed by atoms with Crippen molar-refractivity contribution < 1.29 is 22.3 Å². The molecule has 0 amide bonds. The summed E-state index contributed by atoms with van der Waals surface area (Å²) >= 11 is 0. The molecular weight excluding hydrogens is 286 g/mol. The first-order valence-corrected chi connectivity index (χ1v) is 6.17. The maximum Gasteiger partial charge on any atom is 0.416 e. The third kappa shape index (κ3) is 4.19. The van der Waals surface area contributed by atoms with Crippen LogP contribution in [-0.4, -0.2) is 0 Å². The van der Waals surface area contributed by atoms with E-state index in [0.717, 1.165) is 12.1 Å². The minimum Gasteiger partial charge on any atom is -0.489 e. The SMILES string of the molecule is NCc1cc(F)cc(COc2ccc(C(F)(F)F)cc2)c1. The van der Waals surface area contributed by atoms with Gasteiger partial charge in [-0.1, -0.05) is 6.07 Å². The molecule has 6 heteroatoms. The largest absolute Gasteiger partial charge is 0.489 e. The van der Waals surface area contributed by atoms with E-state index in [1.54, 1.807) is 6.07 Å². The number of rotatable bonds is 4. The number of hydrogen-bond acceptors (Lipinski definition) is 2. The van der Waals surface area contributed by atoms with Crippen molar-refractivity contribution in [1.82, 2.24) is 0 Å². The Hall–Kier alpha value is -2.08. The number of hydrogen-bond donors (Lipinski definition) is 1. The van der Waals surface area contributed by atoms with E-state index < -0.39 is 17.6 Å². The normalized spacial score (nSPS) is 11.5. The van der Waals surface area contributed by atoms with Gasteiger partial charge in [-0.2, -0.15) is 13.2 Å². The molecular formula is C15H13F4NO. The lowest BCUT2D eigenvalue weighted by atomic mass is 10.1. The lowest BCUT2D eigenvalue weighted by Gasteiger charge is -2.10. The summed E-state index contributed by atoms with van der Waals surface area (Å²) in [5.41, 5.74) is 5.88. The van der Waals surface area contributed by atoms with Crippen molar-refractivity contribution in [2.24, 2.45) is 5.73 Å². The number of nitrogens with two attached hydrogens (primary N) is 1. The van der Waals surface area contributed by atoms with Crippen LogP contribution in [0, 0.1) is 5.82 Å². The molecule has 2 N–H and O–H groups in total. The average Bonchev–Trinajstić information content (AvgIpc) is 2.44. The molecule has 112 valence electrons. The lowest BCUT2D eigenvalue weighted by Crippen LogP contribution is -2.04. The summed E-state index contributed by atoms with van der Waals surface area (Å²) in [6, 6.07) is 8.63. The lowest BCUT2D eigenvalue weighted by molar-refractivity contribution is -0.137. The van der Waals surface area contributed by atoms with E-state index in [4.69, 9.17) is 10.5 Å². The Labute approximate surface area is 119 Å². The summed E-state index contributed by atoms with van der Waals surface area (Å²) in [5.74, 6) is -0.148. The van der Waals surface area contributed by atoms with Gasteiger partial charge in [-0.15, -0.1) is 0 Å². The van der Waals surface area contributed by atoms with Gasteiger partial charge in [-0.3, -0.25) is 0 Å². The van der Waals surface area contributed by atoms with Crippen molar-refractivity contribution in [1.29, 1.82) is 0 Å².